The van der Waals surface area contributed by atoms with Gasteiger partial charge in [0.05, 0.1) is 7.11 Å². The topological polar surface area (TPSA) is 38.3 Å². The summed E-state index contributed by atoms with van der Waals surface area (Å²) < 4.78 is 0. The van der Waals surface area contributed by atoms with Crippen molar-refractivity contribution >= 4 is 18.1 Å². The molecule has 0 atom stereocenters. The first kappa shape index (κ1) is 13.1. The van der Waals surface area contributed by atoms with Crippen LogP contribution in [-0.2, 0) is 4.84 Å². The lowest BCUT2D eigenvalue weighted by atomic mass is 10.1. The first-order chi connectivity index (χ1) is 9.31. The minimum atomic E-state index is -0.254. The van der Waals surface area contributed by atoms with E-state index in [9.17, 15) is 4.79 Å². The lowest BCUT2D eigenvalue weighted by molar-refractivity contribution is 0.0537. The van der Waals surface area contributed by atoms with E-state index < -0.39 is 0 Å². The Morgan fingerprint density at radius 1 is 1.00 bits per heavy atom. The fourth-order valence-corrected chi connectivity index (χ4v) is 1.75. The molecule has 0 spiro atoms. The van der Waals surface area contributed by atoms with Gasteiger partial charge in [-0.05, 0) is 17.2 Å². The molecule has 0 aromatic heterocycles. The third kappa shape index (κ3) is 3.53. The number of rotatable bonds is 4. The summed E-state index contributed by atoms with van der Waals surface area (Å²) in [5.74, 6) is -0.254. The normalized spacial score (nSPS) is 10.6. The van der Waals surface area contributed by atoms with Gasteiger partial charge < -0.3 is 0 Å². The van der Waals surface area contributed by atoms with Crippen LogP contribution in [0.25, 0.3) is 12.2 Å². The maximum absolute atomic E-state index is 11.8. The summed E-state index contributed by atoms with van der Waals surface area (Å²) in [6, 6.07) is 17.3. The Balaban J connectivity index is 2.25. The minimum Gasteiger partial charge on any atom is -0.277 e. The van der Waals surface area contributed by atoms with Crippen LogP contribution in [0.4, 0.5) is 0 Å². The summed E-state index contributed by atoms with van der Waals surface area (Å²) in [7, 11) is 1.42. The average Bonchev–Trinajstić information content (AvgIpc) is 2.47. The largest absolute Gasteiger partial charge is 0.277 e. The Labute approximate surface area is 112 Å². The van der Waals surface area contributed by atoms with Gasteiger partial charge in [0.25, 0.3) is 5.91 Å². The Hall–Kier alpha value is -2.39. The highest BCUT2D eigenvalue weighted by molar-refractivity contribution is 5.98. The van der Waals surface area contributed by atoms with E-state index in [2.05, 4.69) is 10.3 Å². The molecule has 96 valence electrons. The van der Waals surface area contributed by atoms with Crippen LogP contribution in [-0.4, -0.2) is 13.0 Å². The number of nitrogens with one attached hydrogen (secondary N) is 1. The van der Waals surface area contributed by atoms with E-state index >= 15 is 0 Å². The van der Waals surface area contributed by atoms with Crippen LogP contribution in [0.15, 0.2) is 54.6 Å². The van der Waals surface area contributed by atoms with Gasteiger partial charge in [-0.25, -0.2) is 5.48 Å². The molecule has 0 radical (unpaired) electrons. The zero-order chi connectivity index (χ0) is 13.5. The molecular formula is C16H15NO2. The maximum Gasteiger partial charge on any atom is 0.275 e. The van der Waals surface area contributed by atoms with Gasteiger partial charge in [-0.1, -0.05) is 60.7 Å². The predicted octanol–water partition coefficient (Wildman–Crippen LogP) is 3.15. The summed E-state index contributed by atoms with van der Waals surface area (Å²) in [4.78, 5) is 16.5. The summed E-state index contributed by atoms with van der Waals surface area (Å²) in [6.07, 6.45) is 3.89. The van der Waals surface area contributed by atoms with Crippen LogP contribution in [0.2, 0.25) is 0 Å². The molecule has 0 saturated heterocycles. The predicted molar refractivity (Wildman–Crippen MR) is 76.3 cm³/mol. The quantitative estimate of drug-likeness (QED) is 0.671. The van der Waals surface area contributed by atoms with Crippen molar-refractivity contribution in [3.63, 3.8) is 0 Å². The smallest absolute Gasteiger partial charge is 0.275 e. The third-order valence-electron chi connectivity index (χ3n) is 2.66. The van der Waals surface area contributed by atoms with E-state index in [1.54, 1.807) is 6.07 Å². The van der Waals surface area contributed by atoms with Crippen LogP contribution in [0.3, 0.4) is 0 Å². The van der Waals surface area contributed by atoms with Crippen molar-refractivity contribution in [2.45, 2.75) is 0 Å². The highest BCUT2D eigenvalue weighted by Gasteiger charge is 2.07. The molecule has 0 aliphatic rings. The Morgan fingerprint density at radius 2 is 1.68 bits per heavy atom. The molecule has 0 heterocycles. The molecule has 1 N–H and O–H groups in total. The molecule has 0 bridgehead atoms. The molecule has 0 fully saturated rings. The van der Waals surface area contributed by atoms with Crippen LogP contribution in [0.5, 0.6) is 0 Å². The van der Waals surface area contributed by atoms with E-state index in [1.807, 2.05) is 60.7 Å². The van der Waals surface area contributed by atoms with Gasteiger partial charge in [0.15, 0.2) is 0 Å². The van der Waals surface area contributed by atoms with E-state index in [4.69, 9.17) is 0 Å². The molecule has 0 unspecified atom stereocenters. The molecular weight excluding hydrogens is 238 g/mol. The number of hydrogen-bond acceptors (Lipinski definition) is 2. The Bertz CT molecular complexity index is 576. The highest BCUT2D eigenvalue weighted by atomic mass is 16.6. The number of carbonyl (C=O) groups excluding carboxylic acids is 1. The summed E-state index contributed by atoms with van der Waals surface area (Å²) in [6.45, 7) is 0. The van der Waals surface area contributed by atoms with Gasteiger partial charge >= 0.3 is 0 Å². The zero-order valence-electron chi connectivity index (χ0n) is 10.7. The second-order valence-electron chi connectivity index (χ2n) is 3.97. The number of benzene rings is 2. The van der Waals surface area contributed by atoms with Crippen molar-refractivity contribution in [3.8, 4) is 0 Å². The molecule has 1 amide bonds. The van der Waals surface area contributed by atoms with Crippen molar-refractivity contribution < 1.29 is 9.63 Å². The fourth-order valence-electron chi connectivity index (χ4n) is 1.75. The lowest BCUT2D eigenvalue weighted by Gasteiger charge is -2.05. The second kappa shape index (κ2) is 6.52. The van der Waals surface area contributed by atoms with Crippen LogP contribution in [0, 0.1) is 0 Å². The lowest BCUT2D eigenvalue weighted by Crippen LogP contribution is -2.22. The van der Waals surface area contributed by atoms with Crippen molar-refractivity contribution in [1.29, 1.82) is 0 Å². The number of carbonyl (C=O) groups is 1. The summed E-state index contributed by atoms with van der Waals surface area (Å²) in [5, 5.41) is 0. The molecule has 2 rings (SSSR count). The maximum atomic E-state index is 11.8. The van der Waals surface area contributed by atoms with Gasteiger partial charge in [0.1, 0.15) is 0 Å². The standard InChI is InChI=1S/C16H15NO2/c1-19-17-16(18)15-10-6-5-9-14(15)12-11-13-7-3-2-4-8-13/h2-12H,1H3,(H,17,18)/b12-11+. The van der Waals surface area contributed by atoms with Gasteiger partial charge in [-0.2, -0.15) is 0 Å². The third-order valence-corrected chi connectivity index (χ3v) is 2.66. The highest BCUT2D eigenvalue weighted by Crippen LogP contribution is 2.13. The first-order valence-electron chi connectivity index (χ1n) is 5.97. The van der Waals surface area contributed by atoms with Gasteiger partial charge in [-0.3, -0.25) is 9.63 Å². The Kier molecular flexibility index (Phi) is 4.48. The van der Waals surface area contributed by atoms with E-state index in [0.29, 0.717) is 5.56 Å². The van der Waals surface area contributed by atoms with Crippen molar-refractivity contribution in [2.75, 3.05) is 7.11 Å². The zero-order valence-corrected chi connectivity index (χ0v) is 10.7. The monoisotopic (exact) mass is 253 g/mol. The van der Waals surface area contributed by atoms with Crippen LogP contribution in [0.1, 0.15) is 21.5 Å². The van der Waals surface area contributed by atoms with E-state index in [-0.39, 0.29) is 5.91 Å². The fraction of sp³-hybridized carbons (Fsp3) is 0.0625. The number of hydroxylamine groups is 1. The van der Waals surface area contributed by atoms with Crippen LogP contribution >= 0.6 is 0 Å². The first-order valence-corrected chi connectivity index (χ1v) is 5.97. The van der Waals surface area contributed by atoms with Crippen molar-refractivity contribution in [2.24, 2.45) is 0 Å². The summed E-state index contributed by atoms with van der Waals surface area (Å²) >= 11 is 0. The Morgan fingerprint density at radius 3 is 2.42 bits per heavy atom. The molecule has 0 aliphatic heterocycles. The second-order valence-corrected chi connectivity index (χ2v) is 3.97. The molecule has 0 aliphatic carbocycles. The average molecular weight is 253 g/mol. The summed E-state index contributed by atoms with van der Waals surface area (Å²) in [5.41, 5.74) is 4.84. The van der Waals surface area contributed by atoms with Gasteiger partial charge in [0, 0.05) is 5.56 Å². The number of amides is 1. The molecule has 19 heavy (non-hydrogen) atoms. The van der Waals surface area contributed by atoms with Gasteiger partial charge in [-0.15, -0.1) is 0 Å². The SMILES string of the molecule is CONC(=O)c1ccccc1/C=C/c1ccccc1. The molecule has 2 aromatic carbocycles. The van der Waals surface area contributed by atoms with E-state index in [0.717, 1.165) is 11.1 Å². The van der Waals surface area contributed by atoms with Crippen molar-refractivity contribution in [1.82, 2.24) is 5.48 Å². The van der Waals surface area contributed by atoms with E-state index in [1.165, 1.54) is 7.11 Å². The van der Waals surface area contributed by atoms with Crippen LogP contribution < -0.4 is 5.48 Å². The molecule has 2 aromatic rings. The number of hydrogen-bond donors (Lipinski definition) is 1. The minimum absolute atomic E-state index is 0.254. The molecule has 3 heteroatoms. The van der Waals surface area contributed by atoms with Gasteiger partial charge in [0.2, 0.25) is 0 Å². The van der Waals surface area contributed by atoms with Crippen molar-refractivity contribution in [3.05, 3.63) is 71.3 Å². The molecule has 0 saturated carbocycles. The molecule has 3 nitrogen and oxygen atoms in total.